The SMILES string of the molecule is O=C1C2CC(c3cccs3)NN2C=CN1Cc1nc(-c2ccccc2)no1. The lowest BCUT2D eigenvalue weighted by Gasteiger charge is -2.30. The van der Waals surface area contributed by atoms with E-state index in [4.69, 9.17) is 4.52 Å². The summed E-state index contributed by atoms with van der Waals surface area (Å²) in [6.07, 6.45) is 4.39. The average Bonchev–Trinajstić information content (AvgIpc) is 3.45. The van der Waals surface area contributed by atoms with E-state index in [0.29, 0.717) is 11.7 Å². The van der Waals surface area contributed by atoms with Gasteiger partial charge in [0.2, 0.25) is 11.7 Å². The van der Waals surface area contributed by atoms with Crippen LogP contribution >= 0.6 is 11.3 Å². The standard InChI is InChI=1S/C19H17N5O2S/c25-19-15-11-14(16-7-4-10-27-16)21-24(15)9-8-23(19)12-17-20-18(22-26-17)13-5-2-1-3-6-13/h1-10,14-15,21H,11-12H2. The molecule has 0 spiro atoms. The Hall–Kier alpha value is -2.97. The number of amides is 1. The molecule has 2 atom stereocenters. The van der Waals surface area contributed by atoms with Crippen molar-refractivity contribution >= 4 is 17.2 Å². The van der Waals surface area contributed by atoms with Gasteiger partial charge in [-0.2, -0.15) is 4.98 Å². The molecule has 27 heavy (non-hydrogen) atoms. The van der Waals surface area contributed by atoms with Crippen LogP contribution in [-0.2, 0) is 11.3 Å². The van der Waals surface area contributed by atoms with Crippen LogP contribution in [0.5, 0.6) is 0 Å². The minimum Gasteiger partial charge on any atom is -0.337 e. The van der Waals surface area contributed by atoms with E-state index in [2.05, 4.69) is 27.0 Å². The number of hydrogen-bond donors (Lipinski definition) is 1. The maximum atomic E-state index is 12.9. The number of thiophene rings is 1. The number of benzene rings is 1. The Labute approximate surface area is 159 Å². The van der Waals surface area contributed by atoms with Gasteiger partial charge < -0.3 is 14.4 Å². The second-order valence-electron chi connectivity index (χ2n) is 6.50. The second-order valence-corrected chi connectivity index (χ2v) is 7.48. The first-order valence-corrected chi connectivity index (χ1v) is 9.60. The number of hydrazine groups is 1. The zero-order valence-electron chi connectivity index (χ0n) is 14.4. The number of fused-ring (bicyclic) bond motifs is 1. The molecule has 8 heteroatoms. The number of carbonyl (C=O) groups excluding carboxylic acids is 1. The van der Waals surface area contributed by atoms with Gasteiger partial charge in [0.05, 0.1) is 6.04 Å². The van der Waals surface area contributed by atoms with Crippen LogP contribution in [-0.4, -0.2) is 32.0 Å². The van der Waals surface area contributed by atoms with Gasteiger partial charge in [0, 0.05) is 29.3 Å². The highest BCUT2D eigenvalue weighted by molar-refractivity contribution is 7.10. The normalized spacial score (nSPS) is 21.7. The van der Waals surface area contributed by atoms with Gasteiger partial charge in [0.25, 0.3) is 5.91 Å². The molecular weight excluding hydrogens is 362 g/mol. The molecule has 1 saturated heterocycles. The fourth-order valence-corrected chi connectivity index (χ4v) is 4.20. The lowest BCUT2D eigenvalue weighted by molar-refractivity contribution is -0.135. The summed E-state index contributed by atoms with van der Waals surface area (Å²) in [5.74, 6) is 0.977. The topological polar surface area (TPSA) is 74.5 Å². The summed E-state index contributed by atoms with van der Waals surface area (Å²) < 4.78 is 5.35. The fourth-order valence-electron chi connectivity index (χ4n) is 3.41. The Balaban J connectivity index is 1.30. The molecule has 2 aliphatic rings. The molecule has 2 unspecified atom stereocenters. The van der Waals surface area contributed by atoms with Crippen LogP contribution in [0.4, 0.5) is 0 Å². The van der Waals surface area contributed by atoms with Crippen molar-refractivity contribution < 1.29 is 9.32 Å². The molecule has 2 aromatic heterocycles. The number of hydrogen-bond acceptors (Lipinski definition) is 7. The number of nitrogens with one attached hydrogen (secondary N) is 1. The van der Waals surface area contributed by atoms with Crippen molar-refractivity contribution in [1.82, 2.24) is 25.5 Å². The van der Waals surface area contributed by atoms with Gasteiger partial charge in [-0.3, -0.25) is 4.79 Å². The molecule has 136 valence electrons. The molecule has 0 aliphatic carbocycles. The van der Waals surface area contributed by atoms with Crippen molar-refractivity contribution in [3.05, 3.63) is 71.0 Å². The second kappa shape index (κ2) is 6.64. The zero-order valence-corrected chi connectivity index (χ0v) is 15.2. The molecule has 0 radical (unpaired) electrons. The van der Waals surface area contributed by atoms with Gasteiger partial charge in [-0.05, 0) is 11.4 Å². The van der Waals surface area contributed by atoms with Gasteiger partial charge in [0.1, 0.15) is 12.6 Å². The summed E-state index contributed by atoms with van der Waals surface area (Å²) in [5.41, 5.74) is 4.28. The number of aromatic nitrogens is 2. The highest BCUT2D eigenvalue weighted by atomic mass is 32.1. The summed E-state index contributed by atoms with van der Waals surface area (Å²) in [7, 11) is 0. The number of carbonyl (C=O) groups is 1. The van der Waals surface area contributed by atoms with E-state index in [1.807, 2.05) is 47.6 Å². The summed E-state index contributed by atoms with van der Waals surface area (Å²) >= 11 is 1.70. The zero-order chi connectivity index (χ0) is 18.2. The van der Waals surface area contributed by atoms with Crippen LogP contribution in [0.15, 0.2) is 64.8 Å². The van der Waals surface area contributed by atoms with E-state index in [1.165, 1.54) is 4.88 Å². The van der Waals surface area contributed by atoms with E-state index in [-0.39, 0.29) is 24.5 Å². The van der Waals surface area contributed by atoms with Gasteiger partial charge in [-0.25, -0.2) is 5.43 Å². The van der Waals surface area contributed by atoms with E-state index < -0.39 is 0 Å². The van der Waals surface area contributed by atoms with Crippen molar-refractivity contribution in [2.24, 2.45) is 0 Å². The summed E-state index contributed by atoms with van der Waals surface area (Å²) in [4.78, 5) is 20.2. The predicted molar refractivity (Wildman–Crippen MR) is 99.9 cm³/mol. The maximum absolute atomic E-state index is 12.9. The van der Waals surface area contributed by atoms with E-state index in [0.717, 1.165) is 12.0 Å². The van der Waals surface area contributed by atoms with E-state index in [1.54, 1.807) is 22.4 Å². The maximum Gasteiger partial charge on any atom is 0.251 e. The highest BCUT2D eigenvalue weighted by Crippen LogP contribution is 2.33. The van der Waals surface area contributed by atoms with Gasteiger partial charge >= 0.3 is 0 Å². The third-order valence-electron chi connectivity index (χ3n) is 4.77. The molecule has 5 rings (SSSR count). The summed E-state index contributed by atoms with van der Waals surface area (Å²) in [6, 6.07) is 13.7. The van der Waals surface area contributed by atoms with Crippen LogP contribution in [0.3, 0.4) is 0 Å². The summed E-state index contributed by atoms with van der Waals surface area (Å²) in [6.45, 7) is 0.267. The predicted octanol–water partition coefficient (Wildman–Crippen LogP) is 2.93. The Morgan fingerprint density at radius 2 is 2.07 bits per heavy atom. The Kier molecular flexibility index (Phi) is 3.99. The molecule has 1 amide bonds. The minimum absolute atomic E-state index is 0.0310. The van der Waals surface area contributed by atoms with Gasteiger partial charge in [0.15, 0.2) is 0 Å². The molecule has 0 saturated carbocycles. The first-order valence-electron chi connectivity index (χ1n) is 8.72. The smallest absolute Gasteiger partial charge is 0.251 e. The van der Waals surface area contributed by atoms with Crippen LogP contribution in [0, 0.1) is 0 Å². The third-order valence-corrected chi connectivity index (χ3v) is 5.75. The highest BCUT2D eigenvalue weighted by Gasteiger charge is 2.40. The molecule has 3 aromatic rings. The van der Waals surface area contributed by atoms with Crippen LogP contribution < -0.4 is 5.43 Å². The van der Waals surface area contributed by atoms with Gasteiger partial charge in [-0.15, -0.1) is 11.3 Å². The molecule has 4 heterocycles. The molecule has 2 aliphatic heterocycles. The molecule has 1 aromatic carbocycles. The van der Waals surface area contributed by atoms with Gasteiger partial charge in [-0.1, -0.05) is 41.6 Å². The first-order chi connectivity index (χ1) is 13.3. The lowest BCUT2D eigenvalue weighted by Crippen LogP contribution is -2.47. The van der Waals surface area contributed by atoms with E-state index >= 15 is 0 Å². The van der Waals surface area contributed by atoms with Crippen molar-refractivity contribution in [2.75, 3.05) is 0 Å². The summed E-state index contributed by atoms with van der Waals surface area (Å²) in [5, 5.41) is 7.97. The van der Waals surface area contributed by atoms with Crippen LogP contribution in [0.2, 0.25) is 0 Å². The third kappa shape index (κ3) is 3.02. The monoisotopic (exact) mass is 379 g/mol. The number of nitrogens with zero attached hydrogens (tertiary/aromatic N) is 4. The van der Waals surface area contributed by atoms with Crippen LogP contribution in [0.1, 0.15) is 23.2 Å². The van der Waals surface area contributed by atoms with Crippen molar-refractivity contribution in [3.8, 4) is 11.4 Å². The van der Waals surface area contributed by atoms with E-state index in [9.17, 15) is 4.79 Å². The fraction of sp³-hybridized carbons (Fsp3) is 0.211. The molecule has 1 fully saturated rings. The quantitative estimate of drug-likeness (QED) is 0.751. The number of rotatable bonds is 4. The molecular formula is C19H17N5O2S. The average molecular weight is 379 g/mol. The molecule has 7 nitrogen and oxygen atoms in total. The van der Waals surface area contributed by atoms with Crippen molar-refractivity contribution in [3.63, 3.8) is 0 Å². The lowest BCUT2D eigenvalue weighted by atomic mass is 10.1. The largest absolute Gasteiger partial charge is 0.337 e. The first kappa shape index (κ1) is 16.2. The Morgan fingerprint density at radius 1 is 1.19 bits per heavy atom. The molecule has 0 bridgehead atoms. The van der Waals surface area contributed by atoms with Crippen molar-refractivity contribution in [2.45, 2.75) is 25.0 Å². The Bertz CT molecular complexity index is 969. The van der Waals surface area contributed by atoms with Crippen LogP contribution in [0.25, 0.3) is 11.4 Å². The van der Waals surface area contributed by atoms with Crippen molar-refractivity contribution in [1.29, 1.82) is 0 Å². The minimum atomic E-state index is -0.224. The molecule has 1 N–H and O–H groups in total. The Morgan fingerprint density at radius 3 is 2.89 bits per heavy atom.